The van der Waals surface area contributed by atoms with Crippen LogP contribution < -0.4 is 14.8 Å². The van der Waals surface area contributed by atoms with Crippen molar-refractivity contribution < 1.29 is 23.5 Å². The van der Waals surface area contributed by atoms with E-state index in [4.69, 9.17) is 9.47 Å². The zero-order chi connectivity index (χ0) is 18.5. The minimum Gasteiger partial charge on any atom is -0.497 e. The van der Waals surface area contributed by atoms with Crippen LogP contribution in [0.2, 0.25) is 0 Å². The van der Waals surface area contributed by atoms with E-state index in [0.717, 1.165) is 17.3 Å². The molecule has 1 fully saturated rings. The first-order valence-electron chi connectivity index (χ1n) is 8.06. The predicted molar refractivity (Wildman–Crippen MR) is 97.4 cm³/mol. The van der Waals surface area contributed by atoms with Gasteiger partial charge in [-0.25, -0.2) is 4.39 Å². The normalized spacial score (nSPS) is 17.7. The molecule has 3 rings (SSSR count). The summed E-state index contributed by atoms with van der Waals surface area (Å²) in [5, 5.41) is 1.55. The summed E-state index contributed by atoms with van der Waals surface area (Å²) in [5.74, 6) is 0.875. The summed E-state index contributed by atoms with van der Waals surface area (Å²) in [5.41, 5.74) is 1.40. The molecule has 0 bridgehead atoms. The van der Waals surface area contributed by atoms with Crippen molar-refractivity contribution in [3.8, 4) is 11.5 Å². The van der Waals surface area contributed by atoms with E-state index in [9.17, 15) is 14.0 Å². The Balaban J connectivity index is 1.54. The molecule has 2 aromatic rings. The van der Waals surface area contributed by atoms with E-state index in [2.05, 4.69) is 5.32 Å². The van der Waals surface area contributed by atoms with Gasteiger partial charge in [0.1, 0.15) is 18.1 Å². The number of benzene rings is 2. The second-order valence-electron chi connectivity index (χ2n) is 5.79. The maximum absolute atomic E-state index is 14.3. The third-order valence-corrected chi connectivity index (χ3v) is 4.94. The minimum atomic E-state index is -1.27. The van der Waals surface area contributed by atoms with E-state index in [1.165, 1.54) is 7.11 Å². The van der Waals surface area contributed by atoms with Gasteiger partial charge in [-0.15, -0.1) is 0 Å². The Bertz CT molecular complexity index is 796. The van der Waals surface area contributed by atoms with Crippen LogP contribution in [0.25, 0.3) is 0 Å². The zero-order valence-corrected chi connectivity index (χ0v) is 14.9. The van der Waals surface area contributed by atoms with Crippen LogP contribution in [0.15, 0.2) is 48.5 Å². The van der Waals surface area contributed by atoms with Gasteiger partial charge < -0.3 is 9.47 Å². The summed E-state index contributed by atoms with van der Waals surface area (Å²) in [6.45, 7) is -0.109. The molecular weight excluding hydrogens is 357 g/mol. The Morgan fingerprint density at radius 3 is 2.58 bits per heavy atom. The van der Waals surface area contributed by atoms with Crippen molar-refractivity contribution in [2.24, 2.45) is 0 Å². The molecule has 26 heavy (non-hydrogen) atoms. The summed E-state index contributed by atoms with van der Waals surface area (Å²) >= 11 is 0.997. The van der Waals surface area contributed by atoms with Crippen LogP contribution in [0.1, 0.15) is 17.3 Å². The average molecular weight is 375 g/mol. The van der Waals surface area contributed by atoms with Gasteiger partial charge in [-0.1, -0.05) is 36.0 Å². The Labute approximate surface area is 154 Å². The Hall–Kier alpha value is -2.54. The number of carbonyl (C=O) groups excluding carboxylic acids is 2. The summed E-state index contributed by atoms with van der Waals surface area (Å²) in [4.78, 5) is 22.8. The van der Waals surface area contributed by atoms with Crippen molar-refractivity contribution in [2.45, 2.75) is 17.8 Å². The molecule has 0 saturated carbocycles. The van der Waals surface area contributed by atoms with Crippen LogP contribution in [0.3, 0.4) is 0 Å². The molecule has 1 aliphatic rings. The number of ether oxygens (including phenoxy) is 2. The van der Waals surface area contributed by atoms with Gasteiger partial charge in [-0.2, -0.15) is 0 Å². The number of nitrogens with one attached hydrogen (secondary N) is 1. The lowest BCUT2D eigenvalue weighted by Gasteiger charge is -2.12. The standard InChI is InChI=1S/C19H18FNO4S/c1-24-15-4-2-3-13(10-15)16(20)11-25-14-7-5-12(6-8-14)9-17-18(22)21-19(23)26-17/h2-8,10,16-17H,9,11H2,1H3,(H,21,22,23)/t16-,17?/m1/s1. The first-order valence-corrected chi connectivity index (χ1v) is 8.94. The third-order valence-electron chi connectivity index (χ3n) is 3.96. The Morgan fingerprint density at radius 1 is 1.15 bits per heavy atom. The quantitative estimate of drug-likeness (QED) is 0.800. The summed E-state index contributed by atoms with van der Waals surface area (Å²) in [6.07, 6.45) is -0.813. The molecule has 0 aliphatic carbocycles. The van der Waals surface area contributed by atoms with Crippen LogP contribution in [-0.2, 0) is 11.2 Å². The molecule has 136 valence electrons. The van der Waals surface area contributed by atoms with E-state index >= 15 is 0 Å². The highest BCUT2D eigenvalue weighted by molar-refractivity contribution is 8.15. The molecule has 2 aromatic carbocycles. The monoisotopic (exact) mass is 375 g/mol. The average Bonchev–Trinajstić information content (AvgIpc) is 2.97. The number of halogens is 1. The Kier molecular flexibility index (Phi) is 5.78. The number of methoxy groups -OCH3 is 1. The maximum Gasteiger partial charge on any atom is 0.286 e. The van der Waals surface area contributed by atoms with Gasteiger partial charge >= 0.3 is 0 Å². The molecule has 1 aliphatic heterocycles. The van der Waals surface area contributed by atoms with E-state index in [0.29, 0.717) is 23.5 Å². The number of imide groups is 1. The summed E-state index contributed by atoms with van der Waals surface area (Å²) < 4.78 is 24.9. The van der Waals surface area contributed by atoms with Gasteiger partial charge in [-0.05, 0) is 41.8 Å². The van der Waals surface area contributed by atoms with Crippen molar-refractivity contribution in [3.63, 3.8) is 0 Å². The van der Waals surface area contributed by atoms with Gasteiger partial charge in [-0.3, -0.25) is 14.9 Å². The summed E-state index contributed by atoms with van der Waals surface area (Å²) in [7, 11) is 1.54. The molecule has 1 saturated heterocycles. The molecule has 7 heteroatoms. The van der Waals surface area contributed by atoms with Crippen molar-refractivity contribution in [1.29, 1.82) is 0 Å². The molecule has 0 radical (unpaired) electrons. The van der Waals surface area contributed by atoms with Gasteiger partial charge in [0.2, 0.25) is 5.91 Å². The predicted octanol–water partition coefficient (Wildman–Crippen LogP) is 3.68. The lowest BCUT2D eigenvalue weighted by atomic mass is 10.1. The number of thioether (sulfide) groups is 1. The van der Waals surface area contributed by atoms with Crippen molar-refractivity contribution >= 4 is 22.9 Å². The molecule has 2 amide bonds. The largest absolute Gasteiger partial charge is 0.497 e. The number of alkyl halides is 1. The molecule has 2 atom stereocenters. The fraction of sp³-hybridized carbons (Fsp3) is 0.263. The molecule has 1 N–H and O–H groups in total. The molecule has 5 nitrogen and oxygen atoms in total. The fourth-order valence-electron chi connectivity index (χ4n) is 2.57. The highest BCUT2D eigenvalue weighted by atomic mass is 32.2. The molecule has 1 unspecified atom stereocenters. The minimum absolute atomic E-state index is 0.109. The molecule has 0 spiro atoms. The second kappa shape index (κ2) is 8.23. The van der Waals surface area contributed by atoms with Gasteiger partial charge in [0.25, 0.3) is 5.24 Å². The maximum atomic E-state index is 14.3. The van der Waals surface area contributed by atoms with E-state index in [-0.39, 0.29) is 17.8 Å². The van der Waals surface area contributed by atoms with Gasteiger partial charge in [0.15, 0.2) is 6.17 Å². The van der Waals surface area contributed by atoms with Crippen LogP contribution in [0.4, 0.5) is 9.18 Å². The molecule has 1 heterocycles. The highest BCUT2D eigenvalue weighted by Gasteiger charge is 2.31. The van der Waals surface area contributed by atoms with Crippen LogP contribution in [0.5, 0.6) is 11.5 Å². The topological polar surface area (TPSA) is 64.6 Å². The van der Waals surface area contributed by atoms with Gasteiger partial charge in [0.05, 0.1) is 12.4 Å². The third kappa shape index (κ3) is 4.54. The van der Waals surface area contributed by atoms with Crippen molar-refractivity contribution in [1.82, 2.24) is 5.32 Å². The van der Waals surface area contributed by atoms with E-state index in [1.54, 1.807) is 36.4 Å². The number of amides is 2. The fourth-order valence-corrected chi connectivity index (χ4v) is 3.43. The van der Waals surface area contributed by atoms with Crippen molar-refractivity contribution in [2.75, 3.05) is 13.7 Å². The SMILES string of the molecule is COc1cccc([C@H](F)COc2ccc(CC3SC(=O)NC3=O)cc2)c1. The first-order chi connectivity index (χ1) is 12.5. The van der Waals surface area contributed by atoms with Crippen LogP contribution in [0, 0.1) is 0 Å². The first kappa shape index (κ1) is 18.3. The second-order valence-corrected chi connectivity index (χ2v) is 6.96. The van der Waals surface area contributed by atoms with Crippen molar-refractivity contribution in [3.05, 3.63) is 59.7 Å². The lowest BCUT2D eigenvalue weighted by molar-refractivity contribution is -0.118. The number of carbonyl (C=O) groups is 2. The molecular formula is C19H18FNO4S. The van der Waals surface area contributed by atoms with Crippen LogP contribution in [-0.4, -0.2) is 30.1 Å². The van der Waals surface area contributed by atoms with Gasteiger partial charge in [0, 0.05) is 0 Å². The number of hydrogen-bond donors (Lipinski definition) is 1. The number of hydrogen-bond acceptors (Lipinski definition) is 5. The van der Waals surface area contributed by atoms with Crippen LogP contribution >= 0.6 is 11.8 Å². The summed E-state index contributed by atoms with van der Waals surface area (Å²) in [6, 6.07) is 13.9. The Morgan fingerprint density at radius 2 is 1.92 bits per heavy atom. The van der Waals surface area contributed by atoms with E-state index < -0.39 is 11.4 Å². The zero-order valence-electron chi connectivity index (χ0n) is 14.1. The smallest absolute Gasteiger partial charge is 0.286 e. The highest BCUT2D eigenvalue weighted by Crippen LogP contribution is 2.25. The lowest BCUT2D eigenvalue weighted by Crippen LogP contribution is -2.25. The molecule has 0 aromatic heterocycles. The van der Waals surface area contributed by atoms with E-state index in [1.807, 2.05) is 12.1 Å². The number of rotatable bonds is 7.